The maximum Gasteiger partial charge on any atom is 0.319 e. The minimum absolute atomic E-state index is 0.0133. The summed E-state index contributed by atoms with van der Waals surface area (Å²) in [6.45, 7) is 8.88. The molecule has 0 radical (unpaired) electrons. The van der Waals surface area contributed by atoms with Gasteiger partial charge in [-0.05, 0) is 52.8 Å². The third-order valence-electron chi connectivity index (χ3n) is 7.54. The molecule has 3 N–H and O–H groups in total. The molecule has 1 aliphatic rings. The molecule has 1 saturated heterocycles. The zero-order valence-corrected chi connectivity index (χ0v) is 23.8. The Kier molecular flexibility index (Phi) is 7.93. The van der Waals surface area contributed by atoms with E-state index in [4.69, 9.17) is 4.74 Å². The van der Waals surface area contributed by atoms with Crippen LogP contribution in [0.2, 0.25) is 0 Å². The van der Waals surface area contributed by atoms with E-state index in [0.29, 0.717) is 53.5 Å². The Hall–Kier alpha value is -4.08. The van der Waals surface area contributed by atoms with Gasteiger partial charge in [-0.2, -0.15) is 9.97 Å². The minimum atomic E-state index is -0.738. The standard InChI is InChI=1S/C31H35F2N5O3/c1-5-7-10-31(3,4)16-41-30-37-28-22(29(38-30)35-14-18-12-24(40)36-18)15-34-27(26(28)33)21-13-19(39)11-17-8-9-23(32)20(6-2)25(17)21/h8-9,11,13,15,18,39H,5-7,10,12,14,16H2,1-4H3,(H,36,40)(H,35,37,38). The van der Waals surface area contributed by atoms with Crippen molar-refractivity contribution in [2.45, 2.75) is 65.8 Å². The molecule has 41 heavy (non-hydrogen) atoms. The van der Waals surface area contributed by atoms with Gasteiger partial charge in [0, 0.05) is 24.7 Å². The maximum absolute atomic E-state index is 16.4. The number of unbranched alkanes of at least 4 members (excludes halogenated alkanes) is 1. The molecule has 10 heteroatoms. The first-order valence-electron chi connectivity index (χ1n) is 14.1. The molecular formula is C31H35F2N5O3. The van der Waals surface area contributed by atoms with Gasteiger partial charge in [-0.1, -0.05) is 46.6 Å². The maximum atomic E-state index is 16.4. The van der Waals surface area contributed by atoms with Crippen LogP contribution >= 0.6 is 0 Å². The Labute approximate surface area is 237 Å². The van der Waals surface area contributed by atoms with Crippen LogP contribution in [0.25, 0.3) is 32.9 Å². The van der Waals surface area contributed by atoms with E-state index in [1.807, 2.05) is 6.92 Å². The number of hydrogen-bond donors (Lipinski definition) is 3. The number of hydrogen-bond acceptors (Lipinski definition) is 7. The van der Waals surface area contributed by atoms with Gasteiger partial charge in [0.15, 0.2) is 5.82 Å². The van der Waals surface area contributed by atoms with E-state index >= 15 is 4.39 Å². The van der Waals surface area contributed by atoms with Crippen molar-refractivity contribution in [3.8, 4) is 23.0 Å². The summed E-state index contributed by atoms with van der Waals surface area (Å²) >= 11 is 0. The smallest absolute Gasteiger partial charge is 0.319 e. The number of ether oxygens (including phenoxy) is 1. The zero-order chi connectivity index (χ0) is 29.3. The molecule has 1 atom stereocenters. The highest BCUT2D eigenvalue weighted by Crippen LogP contribution is 2.38. The number of β-lactam (4-membered cyclic amide) rings is 1. The first-order valence-corrected chi connectivity index (χ1v) is 14.1. The summed E-state index contributed by atoms with van der Waals surface area (Å²) in [5.74, 6) is -0.934. The number of phenols is 1. The molecular weight excluding hydrogens is 528 g/mol. The molecule has 1 aliphatic heterocycles. The molecule has 0 spiro atoms. The van der Waals surface area contributed by atoms with Crippen LogP contribution in [-0.4, -0.2) is 45.2 Å². The van der Waals surface area contributed by atoms with Gasteiger partial charge in [0.2, 0.25) is 5.91 Å². The summed E-state index contributed by atoms with van der Waals surface area (Å²) in [5.41, 5.74) is 0.455. The van der Waals surface area contributed by atoms with Crippen molar-refractivity contribution < 1.29 is 23.4 Å². The molecule has 1 fully saturated rings. The third kappa shape index (κ3) is 5.87. The summed E-state index contributed by atoms with van der Waals surface area (Å²) in [6.07, 6.45) is 5.30. The van der Waals surface area contributed by atoms with Gasteiger partial charge in [-0.25, -0.2) is 8.78 Å². The molecule has 1 amide bonds. The number of pyridine rings is 1. The Bertz CT molecular complexity index is 1620. The van der Waals surface area contributed by atoms with E-state index in [1.165, 1.54) is 24.4 Å². The number of rotatable bonds is 11. The molecule has 0 aliphatic carbocycles. The van der Waals surface area contributed by atoms with Crippen molar-refractivity contribution in [3.05, 3.63) is 47.7 Å². The Balaban J connectivity index is 1.62. The van der Waals surface area contributed by atoms with Crippen LogP contribution in [0.15, 0.2) is 30.5 Å². The van der Waals surface area contributed by atoms with E-state index in [0.717, 1.165) is 19.3 Å². The number of phenolic OH excluding ortho intramolecular Hbond substituents is 1. The number of halogens is 2. The van der Waals surface area contributed by atoms with Crippen LogP contribution in [0.3, 0.4) is 0 Å². The van der Waals surface area contributed by atoms with Gasteiger partial charge in [0.25, 0.3) is 0 Å². The largest absolute Gasteiger partial charge is 0.508 e. The first-order chi connectivity index (χ1) is 19.6. The van der Waals surface area contributed by atoms with E-state index in [9.17, 15) is 14.3 Å². The number of carbonyl (C=O) groups excluding carboxylic acids is 1. The molecule has 2 aromatic carbocycles. The number of nitrogens with one attached hydrogen (secondary N) is 2. The summed E-state index contributed by atoms with van der Waals surface area (Å²) in [4.78, 5) is 24.7. The van der Waals surface area contributed by atoms with Gasteiger partial charge in [-0.3, -0.25) is 9.78 Å². The summed E-state index contributed by atoms with van der Waals surface area (Å²) < 4.78 is 37.2. The predicted octanol–water partition coefficient (Wildman–Crippen LogP) is 6.29. The summed E-state index contributed by atoms with van der Waals surface area (Å²) in [7, 11) is 0. The third-order valence-corrected chi connectivity index (χ3v) is 7.54. The van der Waals surface area contributed by atoms with E-state index in [2.05, 4.69) is 46.4 Å². The fourth-order valence-corrected chi connectivity index (χ4v) is 5.22. The first kappa shape index (κ1) is 28.4. The van der Waals surface area contributed by atoms with E-state index in [-0.39, 0.29) is 45.9 Å². The summed E-state index contributed by atoms with van der Waals surface area (Å²) in [5, 5.41) is 17.8. The van der Waals surface area contributed by atoms with E-state index < -0.39 is 11.6 Å². The van der Waals surface area contributed by atoms with Crippen LogP contribution in [0, 0.1) is 17.0 Å². The van der Waals surface area contributed by atoms with Crippen molar-refractivity contribution in [2.24, 2.45) is 5.41 Å². The molecule has 5 rings (SSSR count). The number of fused-ring (bicyclic) bond motifs is 2. The van der Waals surface area contributed by atoms with Crippen LogP contribution in [0.5, 0.6) is 11.8 Å². The van der Waals surface area contributed by atoms with Gasteiger partial charge in [0.1, 0.15) is 28.6 Å². The lowest BCUT2D eigenvalue weighted by Crippen LogP contribution is -2.52. The number of aromatic nitrogens is 3. The SMILES string of the molecule is CCCCC(C)(C)COc1nc(NCC2CC(=O)N2)c2cnc(-c3cc(O)cc4ccc(F)c(CC)c34)c(F)c2n1. The van der Waals surface area contributed by atoms with Crippen LogP contribution in [-0.2, 0) is 11.2 Å². The Morgan fingerprint density at radius 2 is 1.98 bits per heavy atom. The highest BCUT2D eigenvalue weighted by Gasteiger charge is 2.27. The second kappa shape index (κ2) is 11.4. The highest BCUT2D eigenvalue weighted by molar-refractivity contribution is 6.01. The number of nitrogens with zero attached hydrogens (tertiary/aromatic N) is 3. The van der Waals surface area contributed by atoms with Crippen LogP contribution in [0.4, 0.5) is 14.6 Å². The predicted molar refractivity (Wildman–Crippen MR) is 155 cm³/mol. The van der Waals surface area contributed by atoms with Gasteiger partial charge in [-0.15, -0.1) is 0 Å². The average molecular weight is 564 g/mol. The molecule has 4 aromatic rings. The Morgan fingerprint density at radius 3 is 2.68 bits per heavy atom. The normalized spacial score (nSPS) is 15.2. The topological polar surface area (TPSA) is 109 Å². The second-order valence-corrected chi connectivity index (χ2v) is 11.4. The lowest BCUT2D eigenvalue weighted by Gasteiger charge is -2.27. The molecule has 1 unspecified atom stereocenters. The second-order valence-electron chi connectivity index (χ2n) is 11.4. The molecule has 3 heterocycles. The van der Waals surface area contributed by atoms with Gasteiger partial charge in [0.05, 0.1) is 18.0 Å². The van der Waals surface area contributed by atoms with Crippen LogP contribution < -0.4 is 15.4 Å². The number of amides is 1. The van der Waals surface area contributed by atoms with Crippen LogP contribution in [0.1, 0.15) is 58.9 Å². The lowest BCUT2D eigenvalue weighted by atomic mass is 9.88. The quantitative estimate of drug-likeness (QED) is 0.184. The highest BCUT2D eigenvalue weighted by atomic mass is 19.1. The number of carbonyl (C=O) groups is 1. The average Bonchev–Trinajstić information content (AvgIpc) is 2.92. The number of anilines is 1. The molecule has 2 aromatic heterocycles. The molecule has 8 nitrogen and oxygen atoms in total. The zero-order valence-electron chi connectivity index (χ0n) is 23.8. The fourth-order valence-electron chi connectivity index (χ4n) is 5.22. The van der Waals surface area contributed by atoms with Crippen molar-refractivity contribution in [1.82, 2.24) is 20.3 Å². The molecule has 0 bridgehead atoms. The number of aromatic hydroxyl groups is 1. The van der Waals surface area contributed by atoms with Crippen molar-refractivity contribution >= 4 is 33.4 Å². The van der Waals surface area contributed by atoms with E-state index in [1.54, 1.807) is 6.07 Å². The monoisotopic (exact) mass is 563 g/mol. The molecule has 0 saturated carbocycles. The number of aryl methyl sites for hydroxylation is 1. The van der Waals surface area contributed by atoms with Crippen molar-refractivity contribution in [1.29, 1.82) is 0 Å². The molecule has 216 valence electrons. The lowest BCUT2D eigenvalue weighted by molar-refractivity contribution is -0.127. The Morgan fingerprint density at radius 1 is 1.20 bits per heavy atom. The fraction of sp³-hybridized carbons (Fsp3) is 0.419. The van der Waals surface area contributed by atoms with Gasteiger partial charge < -0.3 is 20.5 Å². The van der Waals surface area contributed by atoms with Crippen molar-refractivity contribution in [2.75, 3.05) is 18.5 Å². The van der Waals surface area contributed by atoms with Crippen molar-refractivity contribution in [3.63, 3.8) is 0 Å². The van der Waals surface area contributed by atoms with Gasteiger partial charge >= 0.3 is 6.01 Å². The summed E-state index contributed by atoms with van der Waals surface area (Å²) in [6, 6.07) is 5.76. The minimum Gasteiger partial charge on any atom is -0.508 e. The number of benzene rings is 2.